The monoisotopic (exact) mass is 274 g/mol. The van der Waals surface area contributed by atoms with Crippen LogP contribution < -0.4 is 14.8 Å². The molecule has 0 spiro atoms. The fourth-order valence-electron chi connectivity index (χ4n) is 2.19. The lowest BCUT2D eigenvalue weighted by atomic mass is 10.2. The Morgan fingerprint density at radius 1 is 1.25 bits per heavy atom. The molecule has 20 heavy (non-hydrogen) atoms. The van der Waals surface area contributed by atoms with Crippen LogP contribution in [0.5, 0.6) is 11.5 Å². The third kappa shape index (κ3) is 2.52. The second-order valence-corrected chi connectivity index (χ2v) is 4.57. The molecule has 1 aliphatic heterocycles. The summed E-state index contributed by atoms with van der Waals surface area (Å²) in [7, 11) is 1.49. The van der Waals surface area contributed by atoms with Crippen molar-refractivity contribution in [2.24, 2.45) is 0 Å². The van der Waals surface area contributed by atoms with E-state index in [1.165, 1.54) is 24.8 Å². The average molecular weight is 274 g/mol. The molecule has 2 heterocycles. The average Bonchev–Trinajstić information content (AvgIpc) is 2.93. The first kappa shape index (κ1) is 12.7. The third-order valence-corrected chi connectivity index (χ3v) is 3.22. The molecular formula is C15H15FN2O2. The van der Waals surface area contributed by atoms with Gasteiger partial charge >= 0.3 is 0 Å². The van der Waals surface area contributed by atoms with Gasteiger partial charge < -0.3 is 14.8 Å². The predicted octanol–water partition coefficient (Wildman–Crippen LogP) is 2.78. The van der Waals surface area contributed by atoms with Gasteiger partial charge in [0.1, 0.15) is 18.2 Å². The van der Waals surface area contributed by atoms with Crippen LogP contribution in [0.4, 0.5) is 10.2 Å². The lowest BCUT2D eigenvalue weighted by Gasteiger charge is -2.11. The van der Waals surface area contributed by atoms with Crippen LogP contribution in [0.3, 0.4) is 0 Å². The number of anilines is 1. The highest BCUT2D eigenvalue weighted by Crippen LogP contribution is 2.28. The number of hydrogen-bond acceptors (Lipinski definition) is 4. The Morgan fingerprint density at radius 2 is 2.15 bits per heavy atom. The molecule has 0 fully saturated rings. The lowest BCUT2D eigenvalue weighted by Crippen LogP contribution is -2.02. The molecule has 4 nitrogen and oxygen atoms in total. The summed E-state index contributed by atoms with van der Waals surface area (Å²) in [5.74, 6) is 1.46. The van der Waals surface area contributed by atoms with E-state index < -0.39 is 0 Å². The summed E-state index contributed by atoms with van der Waals surface area (Å²) < 4.78 is 23.8. The minimum atomic E-state index is -0.353. The lowest BCUT2D eigenvalue weighted by molar-refractivity contribution is 0.280. The fraction of sp³-hybridized carbons (Fsp3) is 0.267. The maximum Gasteiger partial charge on any atom is 0.163 e. The zero-order chi connectivity index (χ0) is 13.9. The van der Waals surface area contributed by atoms with Gasteiger partial charge in [0.25, 0.3) is 0 Å². The van der Waals surface area contributed by atoms with Crippen molar-refractivity contribution < 1.29 is 13.9 Å². The van der Waals surface area contributed by atoms with Crippen LogP contribution >= 0.6 is 0 Å². The van der Waals surface area contributed by atoms with Gasteiger partial charge in [0.2, 0.25) is 0 Å². The van der Waals surface area contributed by atoms with Crippen molar-refractivity contribution in [2.75, 3.05) is 19.0 Å². The van der Waals surface area contributed by atoms with Crippen LogP contribution in [-0.4, -0.2) is 18.6 Å². The Labute approximate surface area is 116 Å². The number of aromatic nitrogens is 1. The molecule has 1 aliphatic rings. The third-order valence-electron chi connectivity index (χ3n) is 3.22. The Bertz CT molecular complexity index is 631. The van der Waals surface area contributed by atoms with Crippen molar-refractivity contribution in [3.8, 4) is 11.5 Å². The van der Waals surface area contributed by atoms with E-state index in [0.29, 0.717) is 18.1 Å². The molecule has 5 heteroatoms. The molecule has 0 saturated carbocycles. The smallest absolute Gasteiger partial charge is 0.163 e. The van der Waals surface area contributed by atoms with Crippen LogP contribution in [0.1, 0.15) is 11.3 Å². The van der Waals surface area contributed by atoms with Gasteiger partial charge in [0.15, 0.2) is 11.5 Å². The van der Waals surface area contributed by atoms with Gasteiger partial charge in [0.05, 0.1) is 12.8 Å². The van der Waals surface area contributed by atoms with Crippen molar-refractivity contribution in [2.45, 2.75) is 13.0 Å². The Morgan fingerprint density at radius 3 is 3.00 bits per heavy atom. The number of ether oxygens (including phenoxy) is 2. The van der Waals surface area contributed by atoms with E-state index in [1.54, 1.807) is 6.07 Å². The molecule has 104 valence electrons. The standard InChI is InChI=1S/C15H15FN2O2/c1-19-14-8-11(16)3-5-13(14)20-9-12-4-2-10-6-7-17-15(10)18-12/h2-5,8H,6-7,9H2,1H3,(H,17,18). The van der Waals surface area contributed by atoms with E-state index in [1.807, 2.05) is 6.07 Å². The minimum Gasteiger partial charge on any atom is -0.493 e. The number of pyridine rings is 1. The second-order valence-electron chi connectivity index (χ2n) is 4.57. The molecule has 0 aliphatic carbocycles. The van der Waals surface area contributed by atoms with Crippen molar-refractivity contribution in [3.63, 3.8) is 0 Å². The molecule has 0 radical (unpaired) electrons. The Hall–Kier alpha value is -2.30. The molecule has 0 amide bonds. The van der Waals surface area contributed by atoms with Gasteiger partial charge in [-0.25, -0.2) is 9.37 Å². The molecule has 2 aromatic rings. The van der Waals surface area contributed by atoms with Crippen molar-refractivity contribution >= 4 is 5.82 Å². The predicted molar refractivity (Wildman–Crippen MR) is 73.7 cm³/mol. The van der Waals surface area contributed by atoms with Crippen molar-refractivity contribution in [1.82, 2.24) is 4.98 Å². The molecule has 0 unspecified atom stereocenters. The Kier molecular flexibility index (Phi) is 3.41. The van der Waals surface area contributed by atoms with Gasteiger partial charge in [-0.3, -0.25) is 0 Å². The number of nitrogens with zero attached hydrogens (tertiary/aromatic N) is 1. The normalized spacial score (nSPS) is 12.7. The number of methoxy groups -OCH3 is 1. The number of hydrogen-bond donors (Lipinski definition) is 1. The zero-order valence-electron chi connectivity index (χ0n) is 11.1. The Balaban J connectivity index is 1.73. The summed E-state index contributed by atoms with van der Waals surface area (Å²) in [5.41, 5.74) is 2.05. The topological polar surface area (TPSA) is 43.4 Å². The molecule has 1 aromatic heterocycles. The molecule has 3 rings (SSSR count). The van der Waals surface area contributed by atoms with Gasteiger partial charge in [-0.05, 0) is 30.2 Å². The summed E-state index contributed by atoms with van der Waals surface area (Å²) in [6, 6.07) is 8.20. The summed E-state index contributed by atoms with van der Waals surface area (Å²) in [5, 5.41) is 3.23. The van der Waals surface area contributed by atoms with E-state index in [9.17, 15) is 4.39 Å². The first-order chi connectivity index (χ1) is 9.76. The van der Waals surface area contributed by atoms with Crippen molar-refractivity contribution in [1.29, 1.82) is 0 Å². The van der Waals surface area contributed by atoms with Crippen molar-refractivity contribution in [3.05, 3.63) is 47.4 Å². The maximum absolute atomic E-state index is 13.1. The van der Waals surface area contributed by atoms with Crippen LogP contribution in [0.25, 0.3) is 0 Å². The van der Waals surface area contributed by atoms with Crippen LogP contribution in [0.15, 0.2) is 30.3 Å². The summed E-state index contributed by atoms with van der Waals surface area (Å²) >= 11 is 0. The fourth-order valence-corrected chi connectivity index (χ4v) is 2.19. The highest BCUT2D eigenvalue weighted by Gasteiger charge is 2.12. The second kappa shape index (κ2) is 5.36. The van der Waals surface area contributed by atoms with E-state index in [0.717, 1.165) is 24.5 Å². The van der Waals surface area contributed by atoms with Gasteiger partial charge in [0, 0.05) is 12.6 Å². The quantitative estimate of drug-likeness (QED) is 0.931. The highest BCUT2D eigenvalue weighted by molar-refractivity contribution is 5.49. The summed E-state index contributed by atoms with van der Waals surface area (Å²) in [6.07, 6.45) is 1.01. The number of fused-ring (bicyclic) bond motifs is 1. The first-order valence-electron chi connectivity index (χ1n) is 6.45. The molecule has 0 atom stereocenters. The summed E-state index contributed by atoms with van der Waals surface area (Å²) in [6.45, 7) is 1.25. The van der Waals surface area contributed by atoms with Crippen LogP contribution in [0.2, 0.25) is 0 Å². The minimum absolute atomic E-state index is 0.316. The highest BCUT2D eigenvalue weighted by atomic mass is 19.1. The van der Waals surface area contributed by atoms with Crippen LogP contribution in [0, 0.1) is 5.82 Å². The number of rotatable bonds is 4. The SMILES string of the molecule is COc1cc(F)ccc1OCc1ccc2c(n1)NCC2. The number of halogens is 1. The number of benzene rings is 1. The van der Waals surface area contributed by atoms with Gasteiger partial charge in [-0.2, -0.15) is 0 Å². The van der Waals surface area contributed by atoms with Gasteiger partial charge in [-0.15, -0.1) is 0 Å². The molecule has 0 saturated heterocycles. The van der Waals surface area contributed by atoms with Gasteiger partial charge in [-0.1, -0.05) is 6.07 Å². The molecule has 1 N–H and O–H groups in total. The van der Waals surface area contributed by atoms with Crippen LogP contribution in [-0.2, 0) is 13.0 Å². The zero-order valence-corrected chi connectivity index (χ0v) is 11.1. The largest absolute Gasteiger partial charge is 0.493 e. The molecule has 1 aromatic carbocycles. The van der Waals surface area contributed by atoms with E-state index in [2.05, 4.69) is 16.4 Å². The maximum atomic E-state index is 13.1. The number of nitrogens with one attached hydrogen (secondary N) is 1. The molecular weight excluding hydrogens is 259 g/mol. The first-order valence-corrected chi connectivity index (χ1v) is 6.45. The summed E-state index contributed by atoms with van der Waals surface area (Å²) in [4.78, 5) is 4.49. The van der Waals surface area contributed by atoms with E-state index in [4.69, 9.17) is 9.47 Å². The molecule has 0 bridgehead atoms. The van der Waals surface area contributed by atoms with E-state index >= 15 is 0 Å². The van der Waals surface area contributed by atoms with E-state index in [-0.39, 0.29) is 5.82 Å².